The SMILES string of the molecule is O=C(O)CCCCCCCC=CCCCCCC(O)CC(=O)O. The smallest absolute Gasteiger partial charge is 0.305 e. The highest BCUT2D eigenvalue weighted by atomic mass is 16.4. The second-order valence-corrected chi connectivity index (χ2v) is 6.06. The van der Waals surface area contributed by atoms with Gasteiger partial charge in [-0.15, -0.1) is 0 Å². The van der Waals surface area contributed by atoms with Crippen molar-refractivity contribution in [1.82, 2.24) is 0 Å². The molecule has 0 radical (unpaired) electrons. The lowest BCUT2D eigenvalue weighted by Gasteiger charge is -2.06. The summed E-state index contributed by atoms with van der Waals surface area (Å²) in [5, 5.41) is 26.4. The minimum absolute atomic E-state index is 0.157. The molecule has 134 valence electrons. The number of carbonyl (C=O) groups is 2. The molecule has 1 unspecified atom stereocenters. The zero-order valence-electron chi connectivity index (χ0n) is 14.1. The van der Waals surface area contributed by atoms with Crippen LogP contribution in [0.2, 0.25) is 0 Å². The second-order valence-electron chi connectivity index (χ2n) is 6.06. The second kappa shape index (κ2) is 15.5. The summed E-state index contributed by atoms with van der Waals surface area (Å²) < 4.78 is 0. The van der Waals surface area contributed by atoms with Crippen molar-refractivity contribution in [2.75, 3.05) is 0 Å². The summed E-state index contributed by atoms with van der Waals surface area (Å²) in [6.45, 7) is 0. The van der Waals surface area contributed by atoms with Gasteiger partial charge in [0, 0.05) is 6.42 Å². The maximum atomic E-state index is 10.4. The number of carboxylic acids is 2. The largest absolute Gasteiger partial charge is 0.481 e. The fourth-order valence-electron chi connectivity index (χ4n) is 2.43. The van der Waals surface area contributed by atoms with Gasteiger partial charge in [-0.2, -0.15) is 0 Å². The van der Waals surface area contributed by atoms with Crippen LogP contribution >= 0.6 is 0 Å². The molecular formula is C18H32O5. The summed E-state index contributed by atoms with van der Waals surface area (Å²) in [6, 6.07) is 0. The molecule has 0 aromatic rings. The average Bonchev–Trinajstić information content (AvgIpc) is 2.46. The Morgan fingerprint density at radius 3 is 1.83 bits per heavy atom. The summed E-state index contributed by atoms with van der Waals surface area (Å²) >= 11 is 0. The van der Waals surface area contributed by atoms with Crippen LogP contribution in [0.5, 0.6) is 0 Å². The van der Waals surface area contributed by atoms with Gasteiger partial charge in [0.2, 0.25) is 0 Å². The maximum Gasteiger partial charge on any atom is 0.305 e. The average molecular weight is 328 g/mol. The van der Waals surface area contributed by atoms with Crippen molar-refractivity contribution in [1.29, 1.82) is 0 Å². The van der Waals surface area contributed by atoms with Gasteiger partial charge in [-0.1, -0.05) is 44.3 Å². The van der Waals surface area contributed by atoms with Crippen LogP contribution in [0.25, 0.3) is 0 Å². The van der Waals surface area contributed by atoms with Crippen LogP contribution in [0, 0.1) is 0 Å². The molecule has 0 aliphatic carbocycles. The number of unbranched alkanes of at least 4 members (excludes halogenated alkanes) is 8. The van der Waals surface area contributed by atoms with Gasteiger partial charge >= 0.3 is 11.9 Å². The third-order valence-corrected chi connectivity index (χ3v) is 3.75. The van der Waals surface area contributed by atoms with Crippen LogP contribution in [0.1, 0.15) is 83.5 Å². The van der Waals surface area contributed by atoms with Crippen molar-refractivity contribution in [3.63, 3.8) is 0 Å². The molecule has 1 atom stereocenters. The summed E-state index contributed by atoms with van der Waals surface area (Å²) in [4.78, 5) is 20.7. The van der Waals surface area contributed by atoms with E-state index in [0.29, 0.717) is 6.42 Å². The van der Waals surface area contributed by atoms with Crippen LogP contribution in [-0.4, -0.2) is 33.4 Å². The lowest BCUT2D eigenvalue weighted by Crippen LogP contribution is -2.12. The fraction of sp³-hybridized carbons (Fsp3) is 0.778. The Labute approximate surface area is 139 Å². The van der Waals surface area contributed by atoms with Gasteiger partial charge in [-0.3, -0.25) is 9.59 Å². The normalized spacial score (nSPS) is 12.6. The number of aliphatic hydroxyl groups excluding tert-OH is 1. The zero-order chi connectivity index (χ0) is 17.3. The third kappa shape index (κ3) is 18.6. The molecule has 23 heavy (non-hydrogen) atoms. The molecule has 3 N–H and O–H groups in total. The predicted molar refractivity (Wildman–Crippen MR) is 90.4 cm³/mol. The first kappa shape index (κ1) is 21.6. The molecule has 0 aliphatic rings. The fourth-order valence-corrected chi connectivity index (χ4v) is 2.43. The Morgan fingerprint density at radius 1 is 0.739 bits per heavy atom. The number of aliphatic carboxylic acids is 2. The molecule has 0 heterocycles. The van der Waals surface area contributed by atoms with E-state index in [1.807, 2.05) is 0 Å². The molecule has 0 aromatic carbocycles. The number of hydrogen-bond acceptors (Lipinski definition) is 3. The van der Waals surface area contributed by atoms with Gasteiger partial charge < -0.3 is 15.3 Å². The molecule has 0 bridgehead atoms. The van der Waals surface area contributed by atoms with E-state index in [4.69, 9.17) is 10.2 Å². The van der Waals surface area contributed by atoms with Crippen molar-refractivity contribution in [2.24, 2.45) is 0 Å². The minimum Gasteiger partial charge on any atom is -0.481 e. The topological polar surface area (TPSA) is 94.8 Å². The van der Waals surface area contributed by atoms with Crippen molar-refractivity contribution in [3.05, 3.63) is 12.2 Å². The van der Waals surface area contributed by atoms with Crippen molar-refractivity contribution >= 4 is 11.9 Å². The molecular weight excluding hydrogens is 296 g/mol. The van der Waals surface area contributed by atoms with E-state index in [1.54, 1.807) is 0 Å². The van der Waals surface area contributed by atoms with E-state index in [9.17, 15) is 14.7 Å². The maximum absolute atomic E-state index is 10.4. The molecule has 0 rings (SSSR count). The summed E-state index contributed by atoms with van der Waals surface area (Å²) in [5.41, 5.74) is 0. The number of rotatable bonds is 16. The van der Waals surface area contributed by atoms with Crippen molar-refractivity contribution in [3.8, 4) is 0 Å². The number of carboxylic acid groups (broad SMARTS) is 2. The quantitative estimate of drug-likeness (QED) is 0.292. The van der Waals surface area contributed by atoms with E-state index < -0.39 is 18.0 Å². The number of allylic oxidation sites excluding steroid dienone is 2. The monoisotopic (exact) mass is 328 g/mol. The van der Waals surface area contributed by atoms with Gasteiger partial charge in [0.15, 0.2) is 0 Å². The first-order chi connectivity index (χ1) is 11.0. The Balaban J connectivity index is 3.23. The Morgan fingerprint density at radius 2 is 1.26 bits per heavy atom. The van der Waals surface area contributed by atoms with Gasteiger partial charge in [0.1, 0.15) is 0 Å². The number of aliphatic hydroxyl groups is 1. The lowest BCUT2D eigenvalue weighted by molar-refractivity contribution is -0.139. The van der Waals surface area contributed by atoms with Crippen LogP contribution in [0.4, 0.5) is 0 Å². The van der Waals surface area contributed by atoms with Crippen molar-refractivity contribution < 1.29 is 24.9 Å². The summed E-state index contributed by atoms with van der Waals surface area (Å²) in [6.07, 6.45) is 14.7. The van der Waals surface area contributed by atoms with E-state index in [0.717, 1.165) is 64.2 Å². The molecule has 0 aromatic heterocycles. The van der Waals surface area contributed by atoms with Gasteiger partial charge in [-0.25, -0.2) is 0 Å². The molecule has 0 saturated carbocycles. The highest BCUT2D eigenvalue weighted by Crippen LogP contribution is 2.10. The Bertz CT molecular complexity index is 338. The molecule has 0 aliphatic heterocycles. The highest BCUT2D eigenvalue weighted by molar-refractivity contribution is 5.67. The minimum atomic E-state index is -0.942. The molecule has 0 spiro atoms. The number of hydrogen-bond donors (Lipinski definition) is 3. The molecule has 0 fully saturated rings. The molecule has 5 heteroatoms. The Hall–Kier alpha value is -1.36. The van der Waals surface area contributed by atoms with E-state index in [1.165, 1.54) is 0 Å². The molecule has 0 amide bonds. The standard InChI is InChI=1S/C18H32O5/c19-16(15-18(22)23)13-11-9-7-5-3-1-2-4-6-8-10-12-14-17(20)21/h1,3,16,19H,2,4-15H2,(H,20,21)(H,22,23). The first-order valence-electron chi connectivity index (χ1n) is 8.79. The molecule has 5 nitrogen and oxygen atoms in total. The highest BCUT2D eigenvalue weighted by Gasteiger charge is 2.08. The third-order valence-electron chi connectivity index (χ3n) is 3.75. The summed E-state index contributed by atoms with van der Waals surface area (Å²) in [5.74, 6) is -1.65. The van der Waals surface area contributed by atoms with Crippen LogP contribution < -0.4 is 0 Å². The molecule has 0 saturated heterocycles. The zero-order valence-corrected chi connectivity index (χ0v) is 14.1. The van der Waals surface area contributed by atoms with Gasteiger partial charge in [0.25, 0.3) is 0 Å². The van der Waals surface area contributed by atoms with Crippen molar-refractivity contribution in [2.45, 2.75) is 89.6 Å². The van der Waals surface area contributed by atoms with Crippen LogP contribution in [0.15, 0.2) is 12.2 Å². The van der Waals surface area contributed by atoms with E-state index in [2.05, 4.69) is 12.2 Å². The van der Waals surface area contributed by atoms with Gasteiger partial charge in [-0.05, 0) is 38.5 Å². The van der Waals surface area contributed by atoms with E-state index in [-0.39, 0.29) is 12.8 Å². The van der Waals surface area contributed by atoms with Crippen LogP contribution in [-0.2, 0) is 9.59 Å². The first-order valence-corrected chi connectivity index (χ1v) is 8.79. The van der Waals surface area contributed by atoms with Crippen LogP contribution in [0.3, 0.4) is 0 Å². The Kier molecular flexibility index (Phi) is 14.6. The predicted octanol–water partition coefficient (Wildman–Crippen LogP) is 4.14. The van der Waals surface area contributed by atoms with E-state index >= 15 is 0 Å². The lowest BCUT2D eigenvalue weighted by atomic mass is 10.1. The van der Waals surface area contributed by atoms with Gasteiger partial charge in [0.05, 0.1) is 12.5 Å². The summed E-state index contributed by atoms with van der Waals surface area (Å²) in [7, 11) is 0.